The molecule has 2 amide bonds. The van der Waals surface area contributed by atoms with Gasteiger partial charge in [-0.2, -0.15) is 13.2 Å². The van der Waals surface area contributed by atoms with E-state index in [4.69, 9.17) is 9.47 Å². The molecule has 2 N–H and O–H groups in total. The molecule has 1 fully saturated rings. The summed E-state index contributed by atoms with van der Waals surface area (Å²) >= 11 is 0. The lowest BCUT2D eigenvalue weighted by molar-refractivity contribution is -0.184. The van der Waals surface area contributed by atoms with Crippen LogP contribution in [-0.2, 0) is 4.79 Å². The van der Waals surface area contributed by atoms with Crippen LogP contribution < -0.4 is 20.1 Å². The van der Waals surface area contributed by atoms with E-state index in [0.29, 0.717) is 29.9 Å². The van der Waals surface area contributed by atoms with Gasteiger partial charge in [0, 0.05) is 11.6 Å². The maximum absolute atomic E-state index is 12.8. The summed E-state index contributed by atoms with van der Waals surface area (Å²) < 4.78 is 48.7. The molecule has 1 saturated carbocycles. The molecule has 1 aromatic rings. The summed E-state index contributed by atoms with van der Waals surface area (Å²) in [5, 5.41) is 5.02. The molecule has 142 valence electrons. The third-order valence-electron chi connectivity index (χ3n) is 4.55. The fourth-order valence-corrected chi connectivity index (χ4v) is 3.20. The number of hydrogen-bond donors (Lipinski definition) is 2. The molecule has 0 saturated heterocycles. The van der Waals surface area contributed by atoms with Crippen LogP contribution in [0, 0.1) is 5.92 Å². The molecule has 9 heteroatoms. The number of fused-ring (bicyclic) bond motifs is 1. The summed E-state index contributed by atoms with van der Waals surface area (Å²) in [5.41, 5.74) is 0.303. The zero-order valence-electron chi connectivity index (χ0n) is 13.9. The van der Waals surface area contributed by atoms with Gasteiger partial charge < -0.3 is 20.1 Å². The molecule has 0 radical (unpaired) electrons. The average Bonchev–Trinajstić information content (AvgIpc) is 3.07. The topological polar surface area (TPSA) is 76.7 Å². The van der Waals surface area contributed by atoms with E-state index in [-0.39, 0.29) is 26.2 Å². The predicted octanol–water partition coefficient (Wildman–Crippen LogP) is 2.38. The first kappa shape index (κ1) is 18.3. The molecular weight excluding hydrogens is 353 g/mol. The lowest BCUT2D eigenvalue weighted by Crippen LogP contribution is -2.45. The van der Waals surface area contributed by atoms with Gasteiger partial charge in [-0.15, -0.1) is 0 Å². The maximum atomic E-state index is 12.8. The van der Waals surface area contributed by atoms with Gasteiger partial charge in [-0.3, -0.25) is 9.59 Å². The molecule has 0 bridgehead atoms. The molecule has 2 aliphatic rings. The Morgan fingerprint density at radius 1 is 1.15 bits per heavy atom. The largest absolute Gasteiger partial charge is 0.454 e. The van der Waals surface area contributed by atoms with E-state index >= 15 is 0 Å². The van der Waals surface area contributed by atoms with E-state index in [9.17, 15) is 22.8 Å². The van der Waals surface area contributed by atoms with E-state index < -0.39 is 30.0 Å². The van der Waals surface area contributed by atoms with Crippen molar-refractivity contribution in [2.24, 2.45) is 5.92 Å². The second kappa shape index (κ2) is 7.43. The van der Waals surface area contributed by atoms with Crippen LogP contribution in [0.3, 0.4) is 0 Å². The molecule has 1 aliphatic carbocycles. The highest BCUT2D eigenvalue weighted by Gasteiger charge is 2.42. The number of amides is 2. The van der Waals surface area contributed by atoms with Crippen molar-refractivity contribution in [1.82, 2.24) is 10.6 Å². The van der Waals surface area contributed by atoms with Crippen LogP contribution >= 0.6 is 0 Å². The molecule has 0 aromatic heterocycles. The zero-order valence-corrected chi connectivity index (χ0v) is 13.9. The monoisotopic (exact) mass is 372 g/mol. The summed E-state index contributed by atoms with van der Waals surface area (Å²) in [7, 11) is 0. The molecular formula is C17H19F3N2O4. The lowest BCUT2D eigenvalue weighted by Gasteiger charge is -2.31. The fourth-order valence-electron chi connectivity index (χ4n) is 3.20. The van der Waals surface area contributed by atoms with Crippen molar-refractivity contribution in [3.63, 3.8) is 0 Å². The molecule has 1 heterocycles. The van der Waals surface area contributed by atoms with Crippen LogP contribution in [0.5, 0.6) is 11.5 Å². The SMILES string of the molecule is O=C(CNC(=O)c1ccc2c(c1)OCO2)N[C@H]1CCC[C@@H](C(F)(F)F)C1. The van der Waals surface area contributed by atoms with E-state index in [1.807, 2.05) is 0 Å². The van der Waals surface area contributed by atoms with E-state index in [2.05, 4.69) is 10.6 Å². The van der Waals surface area contributed by atoms with Crippen LogP contribution in [0.1, 0.15) is 36.0 Å². The number of rotatable bonds is 4. The van der Waals surface area contributed by atoms with Crippen molar-refractivity contribution in [3.05, 3.63) is 23.8 Å². The molecule has 1 aromatic carbocycles. The van der Waals surface area contributed by atoms with Gasteiger partial charge in [0.25, 0.3) is 5.91 Å². The minimum atomic E-state index is -4.24. The van der Waals surface area contributed by atoms with Gasteiger partial charge in [0.2, 0.25) is 12.7 Å². The first-order chi connectivity index (χ1) is 12.3. The van der Waals surface area contributed by atoms with Crippen molar-refractivity contribution in [3.8, 4) is 11.5 Å². The smallest absolute Gasteiger partial charge is 0.391 e. The quantitative estimate of drug-likeness (QED) is 0.851. The van der Waals surface area contributed by atoms with E-state index in [1.165, 1.54) is 12.1 Å². The predicted molar refractivity (Wildman–Crippen MR) is 84.8 cm³/mol. The van der Waals surface area contributed by atoms with Gasteiger partial charge in [-0.25, -0.2) is 0 Å². The number of nitrogens with one attached hydrogen (secondary N) is 2. The molecule has 1 aliphatic heterocycles. The van der Waals surface area contributed by atoms with Crippen molar-refractivity contribution in [1.29, 1.82) is 0 Å². The fraction of sp³-hybridized carbons (Fsp3) is 0.529. The molecule has 0 spiro atoms. The second-order valence-corrected chi connectivity index (χ2v) is 6.42. The van der Waals surface area contributed by atoms with Crippen LogP contribution in [0.15, 0.2) is 18.2 Å². The van der Waals surface area contributed by atoms with Crippen molar-refractivity contribution < 1.29 is 32.2 Å². The number of hydrogen-bond acceptors (Lipinski definition) is 4. The standard InChI is InChI=1S/C17H19F3N2O4/c18-17(19,20)11-2-1-3-12(7-11)22-15(23)8-21-16(24)10-4-5-13-14(6-10)26-9-25-13/h4-6,11-12H,1-3,7-9H2,(H,21,24)(H,22,23)/t11-,12+/m1/s1. The van der Waals surface area contributed by atoms with E-state index in [1.54, 1.807) is 6.07 Å². The molecule has 0 unspecified atom stereocenters. The van der Waals surface area contributed by atoms with Crippen LogP contribution in [0.25, 0.3) is 0 Å². The first-order valence-electron chi connectivity index (χ1n) is 8.37. The van der Waals surface area contributed by atoms with Crippen molar-refractivity contribution >= 4 is 11.8 Å². The Morgan fingerprint density at radius 2 is 1.92 bits per heavy atom. The third kappa shape index (κ3) is 4.39. The summed E-state index contributed by atoms with van der Waals surface area (Å²) in [4.78, 5) is 24.0. The van der Waals surface area contributed by atoms with Crippen LogP contribution in [0.2, 0.25) is 0 Å². The Hall–Kier alpha value is -2.45. The van der Waals surface area contributed by atoms with Gasteiger partial charge >= 0.3 is 6.18 Å². The normalized spacial score (nSPS) is 22.0. The summed E-state index contributed by atoms with van der Waals surface area (Å²) in [5.74, 6) is -1.38. The highest BCUT2D eigenvalue weighted by molar-refractivity contribution is 5.97. The lowest BCUT2D eigenvalue weighted by atomic mass is 9.85. The summed E-state index contributed by atoms with van der Waals surface area (Å²) in [6.45, 7) is -0.219. The number of alkyl halides is 3. The van der Waals surface area contributed by atoms with E-state index in [0.717, 1.165) is 0 Å². The summed E-state index contributed by atoms with van der Waals surface area (Å²) in [6.07, 6.45) is -3.34. The number of carbonyl (C=O) groups is 2. The molecule has 3 rings (SSSR count). The Bertz CT molecular complexity index is 693. The van der Waals surface area contributed by atoms with Crippen LogP contribution in [-0.4, -0.2) is 37.4 Å². The molecule has 6 nitrogen and oxygen atoms in total. The highest BCUT2D eigenvalue weighted by atomic mass is 19.4. The Kier molecular flexibility index (Phi) is 5.24. The van der Waals surface area contributed by atoms with Gasteiger partial charge in [-0.05, 0) is 37.5 Å². The Morgan fingerprint density at radius 3 is 2.69 bits per heavy atom. The molecule has 26 heavy (non-hydrogen) atoms. The van der Waals surface area contributed by atoms with Gasteiger partial charge in [0.15, 0.2) is 11.5 Å². The second-order valence-electron chi connectivity index (χ2n) is 6.42. The maximum Gasteiger partial charge on any atom is 0.391 e. The number of ether oxygens (including phenoxy) is 2. The van der Waals surface area contributed by atoms with Crippen LogP contribution in [0.4, 0.5) is 13.2 Å². The number of carbonyl (C=O) groups excluding carboxylic acids is 2. The van der Waals surface area contributed by atoms with Gasteiger partial charge in [0.1, 0.15) is 0 Å². The third-order valence-corrected chi connectivity index (χ3v) is 4.55. The Balaban J connectivity index is 1.47. The first-order valence-corrected chi connectivity index (χ1v) is 8.37. The van der Waals surface area contributed by atoms with Gasteiger partial charge in [0.05, 0.1) is 12.5 Å². The zero-order chi connectivity index (χ0) is 18.7. The van der Waals surface area contributed by atoms with Crippen molar-refractivity contribution in [2.75, 3.05) is 13.3 Å². The molecule has 2 atom stereocenters. The average molecular weight is 372 g/mol. The highest BCUT2D eigenvalue weighted by Crippen LogP contribution is 2.37. The minimum Gasteiger partial charge on any atom is -0.454 e. The number of benzene rings is 1. The minimum absolute atomic E-state index is 0.0864. The Labute approximate surface area is 148 Å². The number of halogens is 3. The van der Waals surface area contributed by atoms with Gasteiger partial charge in [-0.1, -0.05) is 6.42 Å². The van der Waals surface area contributed by atoms with Crippen molar-refractivity contribution in [2.45, 2.75) is 37.9 Å². The summed E-state index contributed by atoms with van der Waals surface area (Å²) in [6, 6.07) is 4.11.